The van der Waals surface area contributed by atoms with E-state index < -0.39 is 22.5 Å². The monoisotopic (exact) mass is 446 g/mol. The van der Waals surface area contributed by atoms with Crippen LogP contribution >= 0.6 is 0 Å². The van der Waals surface area contributed by atoms with Crippen molar-refractivity contribution < 1.29 is 26.7 Å². The maximum absolute atomic E-state index is 13.1. The Hall–Kier alpha value is -3.46. The predicted molar refractivity (Wildman–Crippen MR) is 114 cm³/mol. The van der Waals surface area contributed by atoms with Crippen molar-refractivity contribution in [1.29, 1.82) is 0 Å². The molecule has 0 aromatic heterocycles. The molecule has 3 aromatic rings. The fraction of sp³-hybridized carbons (Fsp3) is 0.136. The normalized spacial score (nSPS) is 11.2. The molecule has 31 heavy (non-hydrogen) atoms. The molecule has 0 bridgehead atoms. The Kier molecular flexibility index (Phi) is 6.86. The molecule has 3 aromatic carbocycles. The molecule has 1 N–H and O–H groups in total. The third kappa shape index (κ3) is 5.37. The van der Waals surface area contributed by atoms with Gasteiger partial charge >= 0.3 is 6.61 Å². The first-order chi connectivity index (χ1) is 14.8. The lowest BCUT2D eigenvalue weighted by Crippen LogP contribution is -2.30. The molecule has 0 aliphatic carbocycles. The number of nitrogens with zero attached hydrogens (tertiary/aromatic N) is 1. The number of anilines is 2. The highest BCUT2D eigenvalue weighted by molar-refractivity contribution is 7.92. The van der Waals surface area contributed by atoms with Crippen LogP contribution in [0.15, 0.2) is 83.8 Å². The fourth-order valence-corrected chi connectivity index (χ4v) is 4.45. The number of sulfonamides is 1. The first kappa shape index (κ1) is 22.2. The molecule has 0 spiro atoms. The molecule has 0 aliphatic heterocycles. The van der Waals surface area contributed by atoms with E-state index in [1.807, 2.05) is 0 Å². The van der Waals surface area contributed by atoms with Crippen molar-refractivity contribution in [3.63, 3.8) is 0 Å². The second-order valence-corrected chi connectivity index (χ2v) is 8.25. The first-order valence-corrected chi connectivity index (χ1v) is 10.8. The summed E-state index contributed by atoms with van der Waals surface area (Å²) in [5, 5.41) is 2.60. The summed E-state index contributed by atoms with van der Waals surface area (Å²) in [6.07, 6.45) is 0. The Morgan fingerprint density at radius 1 is 1.00 bits per heavy atom. The van der Waals surface area contributed by atoms with E-state index >= 15 is 0 Å². The van der Waals surface area contributed by atoms with Crippen molar-refractivity contribution in [2.75, 3.05) is 16.2 Å². The molecular weight excluding hydrogens is 426 g/mol. The summed E-state index contributed by atoms with van der Waals surface area (Å²) in [7, 11) is -3.88. The molecule has 0 radical (unpaired) electrons. The summed E-state index contributed by atoms with van der Waals surface area (Å²) in [5.41, 5.74) is 1.00. The summed E-state index contributed by atoms with van der Waals surface area (Å²) in [5.74, 6) is -0.580. The van der Waals surface area contributed by atoms with E-state index in [0.717, 1.165) is 0 Å². The van der Waals surface area contributed by atoms with Gasteiger partial charge in [-0.1, -0.05) is 24.3 Å². The largest absolute Gasteiger partial charge is 0.435 e. The Morgan fingerprint density at radius 2 is 1.68 bits per heavy atom. The van der Waals surface area contributed by atoms with E-state index in [1.165, 1.54) is 52.8 Å². The van der Waals surface area contributed by atoms with E-state index in [2.05, 4.69) is 10.1 Å². The highest BCUT2D eigenvalue weighted by atomic mass is 32.2. The van der Waals surface area contributed by atoms with Crippen molar-refractivity contribution in [3.8, 4) is 5.75 Å². The molecule has 0 atom stereocenters. The Bertz CT molecular complexity index is 1140. The molecule has 1 amide bonds. The van der Waals surface area contributed by atoms with Gasteiger partial charge in [-0.25, -0.2) is 8.42 Å². The number of alkyl halides is 2. The van der Waals surface area contributed by atoms with Gasteiger partial charge in [-0.3, -0.25) is 9.10 Å². The SMILES string of the molecule is CCN(c1ccccc1)S(=O)(=O)c1cccc(C(=O)Nc2ccc(OC(F)F)cc2)c1. The quantitative estimate of drug-likeness (QED) is 0.542. The van der Waals surface area contributed by atoms with Crippen LogP contribution in [0.1, 0.15) is 17.3 Å². The lowest BCUT2D eigenvalue weighted by Gasteiger charge is -2.23. The van der Waals surface area contributed by atoms with E-state index in [4.69, 9.17) is 0 Å². The van der Waals surface area contributed by atoms with Crippen LogP contribution in [-0.2, 0) is 10.0 Å². The number of ether oxygens (including phenoxy) is 1. The number of carbonyl (C=O) groups is 1. The number of nitrogens with one attached hydrogen (secondary N) is 1. The molecule has 3 rings (SSSR count). The average Bonchev–Trinajstić information content (AvgIpc) is 2.76. The van der Waals surface area contributed by atoms with Gasteiger partial charge in [0.15, 0.2) is 0 Å². The van der Waals surface area contributed by atoms with Gasteiger partial charge in [0.2, 0.25) is 0 Å². The molecule has 0 aliphatic rings. The smallest absolute Gasteiger partial charge is 0.387 e. The minimum Gasteiger partial charge on any atom is -0.435 e. The average molecular weight is 446 g/mol. The van der Waals surface area contributed by atoms with Gasteiger partial charge in [0.25, 0.3) is 15.9 Å². The van der Waals surface area contributed by atoms with Gasteiger partial charge in [-0.2, -0.15) is 8.78 Å². The van der Waals surface area contributed by atoms with Gasteiger partial charge in [0.1, 0.15) is 5.75 Å². The third-order valence-corrected chi connectivity index (χ3v) is 6.25. The molecule has 9 heteroatoms. The van der Waals surface area contributed by atoms with Crippen molar-refractivity contribution in [2.45, 2.75) is 18.4 Å². The van der Waals surface area contributed by atoms with Crippen molar-refractivity contribution in [2.24, 2.45) is 0 Å². The van der Waals surface area contributed by atoms with Crippen LogP contribution in [0.4, 0.5) is 20.2 Å². The number of para-hydroxylation sites is 1. The number of hydrogen-bond donors (Lipinski definition) is 1. The summed E-state index contributed by atoms with van der Waals surface area (Å²) in [6.45, 7) is -0.998. The lowest BCUT2D eigenvalue weighted by atomic mass is 10.2. The van der Waals surface area contributed by atoms with Crippen molar-refractivity contribution >= 4 is 27.3 Å². The Balaban J connectivity index is 1.81. The molecular formula is C22H20F2N2O4S. The maximum Gasteiger partial charge on any atom is 0.387 e. The molecule has 6 nitrogen and oxygen atoms in total. The second kappa shape index (κ2) is 9.57. The van der Waals surface area contributed by atoms with Gasteiger partial charge in [0.05, 0.1) is 10.6 Å². The van der Waals surface area contributed by atoms with Gasteiger partial charge in [-0.05, 0) is 61.5 Å². The number of amides is 1. The van der Waals surface area contributed by atoms with Crippen molar-refractivity contribution in [1.82, 2.24) is 0 Å². The number of halogens is 2. The Morgan fingerprint density at radius 3 is 2.29 bits per heavy atom. The maximum atomic E-state index is 13.1. The van der Waals surface area contributed by atoms with E-state index in [9.17, 15) is 22.0 Å². The lowest BCUT2D eigenvalue weighted by molar-refractivity contribution is -0.0498. The molecule has 0 saturated carbocycles. The van der Waals surface area contributed by atoms with E-state index in [0.29, 0.717) is 11.4 Å². The molecule has 0 unspecified atom stereocenters. The summed E-state index contributed by atoms with van der Waals surface area (Å²) in [6, 6.07) is 19.8. The zero-order chi connectivity index (χ0) is 22.4. The topological polar surface area (TPSA) is 75.7 Å². The van der Waals surface area contributed by atoms with Crippen LogP contribution in [0.5, 0.6) is 5.75 Å². The summed E-state index contributed by atoms with van der Waals surface area (Å²) < 4.78 is 56.3. The zero-order valence-corrected chi connectivity index (χ0v) is 17.4. The summed E-state index contributed by atoms with van der Waals surface area (Å²) in [4.78, 5) is 12.6. The van der Waals surface area contributed by atoms with Crippen LogP contribution in [0.3, 0.4) is 0 Å². The van der Waals surface area contributed by atoms with Crippen LogP contribution in [-0.4, -0.2) is 27.5 Å². The molecule has 0 heterocycles. The van der Waals surface area contributed by atoms with Gasteiger partial charge in [-0.15, -0.1) is 0 Å². The second-order valence-electron chi connectivity index (χ2n) is 6.39. The number of hydrogen-bond acceptors (Lipinski definition) is 4. The van der Waals surface area contributed by atoms with E-state index in [1.54, 1.807) is 37.3 Å². The molecule has 162 valence electrons. The van der Waals surface area contributed by atoms with Crippen LogP contribution in [0.25, 0.3) is 0 Å². The molecule has 0 fully saturated rings. The minimum absolute atomic E-state index is 0.0217. The van der Waals surface area contributed by atoms with E-state index in [-0.39, 0.29) is 22.8 Å². The van der Waals surface area contributed by atoms with Crippen molar-refractivity contribution in [3.05, 3.63) is 84.4 Å². The zero-order valence-electron chi connectivity index (χ0n) is 16.5. The predicted octanol–water partition coefficient (Wildman–Crippen LogP) is 4.76. The number of carbonyl (C=O) groups excluding carboxylic acids is 1. The number of rotatable bonds is 8. The fourth-order valence-electron chi connectivity index (χ4n) is 2.93. The van der Waals surface area contributed by atoms with Gasteiger partial charge in [0, 0.05) is 17.8 Å². The standard InChI is InChI=1S/C22H20F2N2O4S/c1-2-26(18-8-4-3-5-9-18)31(28,29)20-10-6-7-16(15-20)21(27)25-17-11-13-19(14-12-17)30-22(23)24/h3-15,22H,2H2,1H3,(H,25,27). The Labute approximate surface area is 179 Å². The van der Waals surface area contributed by atoms with Gasteiger partial charge < -0.3 is 10.1 Å². The molecule has 0 saturated heterocycles. The minimum atomic E-state index is -3.88. The highest BCUT2D eigenvalue weighted by Crippen LogP contribution is 2.24. The summed E-state index contributed by atoms with van der Waals surface area (Å²) >= 11 is 0. The van der Waals surface area contributed by atoms with Crippen LogP contribution in [0.2, 0.25) is 0 Å². The number of benzene rings is 3. The first-order valence-electron chi connectivity index (χ1n) is 9.35. The highest BCUT2D eigenvalue weighted by Gasteiger charge is 2.24. The van der Waals surface area contributed by atoms with Crippen LogP contribution in [0, 0.1) is 0 Å². The van der Waals surface area contributed by atoms with Crippen LogP contribution < -0.4 is 14.4 Å². The third-order valence-electron chi connectivity index (χ3n) is 4.35.